The smallest absolute Gasteiger partial charge is 0.305 e. The largest absolute Gasteiger partial charge is 0.481 e. The van der Waals surface area contributed by atoms with E-state index in [2.05, 4.69) is 15.9 Å². The Morgan fingerprint density at radius 2 is 2.11 bits per heavy atom. The minimum absolute atomic E-state index is 0.0513. The third kappa shape index (κ3) is 5.26. The van der Waals surface area contributed by atoms with Gasteiger partial charge in [-0.1, -0.05) is 28.1 Å². The van der Waals surface area contributed by atoms with Crippen LogP contribution in [0, 0.1) is 6.92 Å². The summed E-state index contributed by atoms with van der Waals surface area (Å²) in [5.74, 6) is -1.13. The summed E-state index contributed by atoms with van der Waals surface area (Å²) in [6, 6.07) is 5.85. The van der Waals surface area contributed by atoms with Crippen LogP contribution in [0.15, 0.2) is 28.7 Å². The monoisotopic (exact) mass is 325 g/mol. The quantitative estimate of drug-likeness (QED) is 0.847. The van der Waals surface area contributed by atoms with Crippen molar-refractivity contribution in [2.75, 3.05) is 13.6 Å². The van der Waals surface area contributed by atoms with E-state index >= 15 is 0 Å². The number of likely N-dealkylation sites (N-methyl/N-ethyl adjacent to an activating group) is 1. The molecule has 1 rings (SSSR count). The summed E-state index contributed by atoms with van der Waals surface area (Å²) in [6.45, 7) is 2.19. The highest BCUT2D eigenvalue weighted by atomic mass is 79.9. The van der Waals surface area contributed by atoms with Gasteiger partial charge in [0.15, 0.2) is 0 Å². The van der Waals surface area contributed by atoms with Gasteiger partial charge in [-0.15, -0.1) is 0 Å². The number of nitrogens with zero attached hydrogens (tertiary/aromatic N) is 1. The van der Waals surface area contributed by atoms with Crippen molar-refractivity contribution < 1.29 is 14.7 Å². The minimum Gasteiger partial charge on any atom is -0.481 e. The van der Waals surface area contributed by atoms with E-state index in [9.17, 15) is 9.59 Å². The van der Waals surface area contributed by atoms with Gasteiger partial charge >= 0.3 is 5.97 Å². The number of carboxylic acid groups (broad SMARTS) is 1. The fourth-order valence-electron chi connectivity index (χ4n) is 1.43. The first-order chi connectivity index (χ1) is 8.90. The fourth-order valence-corrected chi connectivity index (χ4v) is 2.05. The number of carboxylic acids is 1. The first-order valence-corrected chi connectivity index (χ1v) is 6.60. The van der Waals surface area contributed by atoms with Crippen molar-refractivity contribution in [3.05, 3.63) is 39.9 Å². The molecule has 0 spiro atoms. The van der Waals surface area contributed by atoms with Gasteiger partial charge in [0.05, 0.1) is 6.42 Å². The summed E-state index contributed by atoms with van der Waals surface area (Å²) in [5.41, 5.74) is 2.04. The third-order valence-electron chi connectivity index (χ3n) is 2.60. The average molecular weight is 326 g/mol. The van der Waals surface area contributed by atoms with Crippen molar-refractivity contribution in [1.29, 1.82) is 0 Å². The Balaban J connectivity index is 2.65. The second kappa shape index (κ2) is 7.09. The zero-order valence-electron chi connectivity index (χ0n) is 10.9. The molecule has 0 heterocycles. The third-order valence-corrected chi connectivity index (χ3v) is 3.29. The molecule has 102 valence electrons. The normalized spacial score (nSPS) is 10.7. The van der Waals surface area contributed by atoms with Crippen LogP contribution < -0.4 is 0 Å². The maximum atomic E-state index is 11.7. The van der Waals surface area contributed by atoms with Crippen LogP contribution in [0.25, 0.3) is 6.08 Å². The minimum atomic E-state index is -0.912. The first kappa shape index (κ1) is 15.4. The molecule has 0 atom stereocenters. The fraction of sp³-hybridized carbons (Fsp3) is 0.286. The Morgan fingerprint density at radius 3 is 2.68 bits per heavy atom. The highest BCUT2D eigenvalue weighted by molar-refractivity contribution is 9.10. The van der Waals surface area contributed by atoms with Gasteiger partial charge in [-0.05, 0) is 30.2 Å². The molecule has 5 heteroatoms. The van der Waals surface area contributed by atoms with Gasteiger partial charge in [-0.2, -0.15) is 0 Å². The van der Waals surface area contributed by atoms with E-state index in [4.69, 9.17) is 5.11 Å². The van der Waals surface area contributed by atoms with Gasteiger partial charge in [0, 0.05) is 24.1 Å². The second-order valence-corrected chi connectivity index (χ2v) is 5.12. The average Bonchev–Trinajstić information content (AvgIpc) is 2.34. The molecule has 1 amide bonds. The second-order valence-electron chi connectivity index (χ2n) is 4.26. The van der Waals surface area contributed by atoms with Gasteiger partial charge in [-0.3, -0.25) is 9.59 Å². The van der Waals surface area contributed by atoms with Gasteiger partial charge in [-0.25, -0.2) is 0 Å². The number of amides is 1. The Hall–Kier alpha value is -1.62. The lowest BCUT2D eigenvalue weighted by Crippen LogP contribution is -2.27. The molecule has 0 radical (unpaired) electrons. The van der Waals surface area contributed by atoms with Crippen LogP contribution in [0.1, 0.15) is 17.5 Å². The molecule has 1 aromatic carbocycles. The van der Waals surface area contributed by atoms with E-state index in [1.165, 1.54) is 11.0 Å². The van der Waals surface area contributed by atoms with Crippen molar-refractivity contribution in [3.8, 4) is 0 Å². The lowest BCUT2D eigenvalue weighted by Gasteiger charge is -2.13. The standard InChI is InChI=1S/C14H16BrNO3/c1-10-3-4-11(12(15)9-10)5-6-13(17)16(2)8-7-14(18)19/h3-6,9H,7-8H2,1-2H3,(H,18,19). The predicted octanol–water partition coefficient (Wildman–Crippen LogP) is 2.70. The summed E-state index contributed by atoms with van der Waals surface area (Å²) in [4.78, 5) is 23.5. The number of hydrogen-bond acceptors (Lipinski definition) is 2. The molecule has 0 fully saturated rings. The van der Waals surface area contributed by atoms with Crippen molar-refractivity contribution in [1.82, 2.24) is 4.90 Å². The molecule has 0 aliphatic rings. The van der Waals surface area contributed by atoms with Crippen molar-refractivity contribution >= 4 is 33.9 Å². The Bertz CT molecular complexity index is 511. The Morgan fingerprint density at radius 1 is 1.42 bits per heavy atom. The highest BCUT2D eigenvalue weighted by Crippen LogP contribution is 2.19. The van der Waals surface area contributed by atoms with E-state index in [1.807, 2.05) is 25.1 Å². The summed E-state index contributed by atoms with van der Waals surface area (Å²) in [7, 11) is 1.58. The lowest BCUT2D eigenvalue weighted by molar-refractivity contribution is -0.137. The number of aryl methyl sites for hydroxylation is 1. The number of rotatable bonds is 5. The molecule has 1 aromatic rings. The molecule has 4 nitrogen and oxygen atoms in total. The Kier molecular flexibility index (Phi) is 5.76. The van der Waals surface area contributed by atoms with Crippen molar-refractivity contribution in [2.45, 2.75) is 13.3 Å². The van der Waals surface area contributed by atoms with E-state index in [0.29, 0.717) is 0 Å². The molecule has 0 saturated carbocycles. The molecule has 0 bridgehead atoms. The maximum Gasteiger partial charge on any atom is 0.305 e. The van der Waals surface area contributed by atoms with Crippen LogP contribution in [0.5, 0.6) is 0 Å². The first-order valence-electron chi connectivity index (χ1n) is 5.81. The molecule has 0 saturated heterocycles. The van der Waals surface area contributed by atoms with Gasteiger partial charge < -0.3 is 10.0 Å². The molecule has 0 aromatic heterocycles. The number of halogens is 1. The van der Waals surface area contributed by atoms with Crippen LogP contribution in [0.2, 0.25) is 0 Å². The molecule has 0 aliphatic heterocycles. The Labute approximate surface area is 120 Å². The zero-order chi connectivity index (χ0) is 14.4. The number of benzene rings is 1. The molecular weight excluding hydrogens is 310 g/mol. The van der Waals surface area contributed by atoms with E-state index < -0.39 is 5.97 Å². The summed E-state index contributed by atoms with van der Waals surface area (Å²) >= 11 is 3.43. The summed E-state index contributed by atoms with van der Waals surface area (Å²) < 4.78 is 0.921. The number of carbonyl (C=O) groups is 2. The van der Waals surface area contributed by atoms with E-state index in [1.54, 1.807) is 13.1 Å². The summed E-state index contributed by atoms with van der Waals surface area (Å²) in [6.07, 6.45) is 3.10. The predicted molar refractivity (Wildman–Crippen MR) is 77.8 cm³/mol. The van der Waals surface area contributed by atoms with Crippen LogP contribution >= 0.6 is 15.9 Å². The van der Waals surface area contributed by atoms with Gasteiger partial charge in [0.1, 0.15) is 0 Å². The van der Waals surface area contributed by atoms with E-state index in [0.717, 1.165) is 15.6 Å². The molecule has 0 aliphatic carbocycles. The molecular formula is C14H16BrNO3. The maximum absolute atomic E-state index is 11.7. The van der Waals surface area contributed by atoms with Crippen LogP contribution in [-0.2, 0) is 9.59 Å². The van der Waals surface area contributed by atoms with Crippen LogP contribution in [-0.4, -0.2) is 35.5 Å². The zero-order valence-corrected chi connectivity index (χ0v) is 12.5. The lowest BCUT2D eigenvalue weighted by atomic mass is 10.1. The molecule has 0 unspecified atom stereocenters. The van der Waals surface area contributed by atoms with Gasteiger partial charge in [0.25, 0.3) is 0 Å². The topological polar surface area (TPSA) is 57.6 Å². The number of aliphatic carboxylic acids is 1. The SMILES string of the molecule is Cc1ccc(C=CC(=O)N(C)CCC(=O)O)c(Br)c1. The molecule has 19 heavy (non-hydrogen) atoms. The van der Waals surface area contributed by atoms with Crippen LogP contribution in [0.3, 0.4) is 0 Å². The van der Waals surface area contributed by atoms with Crippen molar-refractivity contribution in [3.63, 3.8) is 0 Å². The highest BCUT2D eigenvalue weighted by Gasteiger charge is 2.07. The number of carbonyl (C=O) groups excluding carboxylic acids is 1. The number of hydrogen-bond donors (Lipinski definition) is 1. The van der Waals surface area contributed by atoms with Crippen LogP contribution in [0.4, 0.5) is 0 Å². The van der Waals surface area contributed by atoms with Gasteiger partial charge in [0.2, 0.25) is 5.91 Å². The summed E-state index contributed by atoms with van der Waals surface area (Å²) in [5, 5.41) is 8.55. The van der Waals surface area contributed by atoms with Crippen molar-refractivity contribution in [2.24, 2.45) is 0 Å². The van der Waals surface area contributed by atoms with E-state index in [-0.39, 0.29) is 18.9 Å². The molecule has 1 N–H and O–H groups in total.